The highest BCUT2D eigenvalue weighted by Gasteiger charge is 2.06. The molecule has 0 aliphatic rings. The number of benzene rings is 2. The van der Waals surface area contributed by atoms with E-state index in [1.54, 1.807) is 20.1 Å². The van der Waals surface area contributed by atoms with Crippen LogP contribution in [0.25, 0.3) is 0 Å². The van der Waals surface area contributed by atoms with Crippen molar-refractivity contribution in [1.82, 2.24) is 5.43 Å². The van der Waals surface area contributed by atoms with Gasteiger partial charge in [-0.3, -0.25) is 5.43 Å². The van der Waals surface area contributed by atoms with Crippen LogP contribution in [0.3, 0.4) is 0 Å². The summed E-state index contributed by atoms with van der Waals surface area (Å²) in [7, 11) is 1.60. The third-order valence-electron chi connectivity index (χ3n) is 3.04. The molecule has 0 bridgehead atoms. The highest BCUT2D eigenvalue weighted by atomic mass is 32.1. The van der Waals surface area contributed by atoms with Crippen molar-refractivity contribution >= 4 is 28.7 Å². The molecule has 0 aliphatic carbocycles. The largest absolute Gasteiger partial charge is 0.508 e. The van der Waals surface area contributed by atoms with Crippen molar-refractivity contribution in [2.45, 2.75) is 6.92 Å². The van der Waals surface area contributed by atoms with Gasteiger partial charge in [0.1, 0.15) is 17.2 Å². The van der Waals surface area contributed by atoms with Crippen LogP contribution in [0, 0.1) is 0 Å². The number of methoxy groups -OCH3 is 1. The van der Waals surface area contributed by atoms with Crippen LogP contribution < -0.4 is 15.5 Å². The van der Waals surface area contributed by atoms with E-state index in [9.17, 15) is 10.2 Å². The molecule has 0 saturated heterocycles. The first-order chi connectivity index (χ1) is 11.0. The summed E-state index contributed by atoms with van der Waals surface area (Å²) in [6.07, 6.45) is 0. The summed E-state index contributed by atoms with van der Waals surface area (Å²) in [5.74, 6) is 0.692. The zero-order valence-corrected chi connectivity index (χ0v) is 13.5. The number of phenolic OH excluding ortho intramolecular Hbond substituents is 2. The number of nitrogens with zero attached hydrogens (tertiary/aromatic N) is 1. The molecule has 2 aromatic rings. The summed E-state index contributed by atoms with van der Waals surface area (Å²) in [6, 6.07) is 11.6. The second-order valence-corrected chi connectivity index (χ2v) is 5.10. The van der Waals surface area contributed by atoms with Crippen LogP contribution in [0.4, 0.5) is 5.69 Å². The number of hydrogen-bond acceptors (Lipinski definition) is 5. The van der Waals surface area contributed by atoms with E-state index in [2.05, 4.69) is 15.8 Å². The van der Waals surface area contributed by atoms with E-state index in [1.807, 2.05) is 24.3 Å². The molecule has 0 aromatic heterocycles. The topological polar surface area (TPSA) is 86.1 Å². The Kier molecular flexibility index (Phi) is 5.37. The lowest BCUT2D eigenvalue weighted by molar-refractivity contribution is 0.415. The molecule has 0 spiro atoms. The number of hydrogen-bond donors (Lipinski definition) is 4. The van der Waals surface area contributed by atoms with Crippen molar-refractivity contribution in [3.63, 3.8) is 0 Å². The van der Waals surface area contributed by atoms with Crippen molar-refractivity contribution in [3.8, 4) is 17.2 Å². The molecule has 2 rings (SSSR count). The summed E-state index contributed by atoms with van der Waals surface area (Å²) in [4.78, 5) is 0. The Morgan fingerprint density at radius 3 is 2.43 bits per heavy atom. The number of nitrogens with one attached hydrogen (secondary N) is 2. The average Bonchev–Trinajstić information content (AvgIpc) is 2.53. The summed E-state index contributed by atoms with van der Waals surface area (Å²) in [5.41, 5.74) is 4.53. The Balaban J connectivity index is 1.99. The molecule has 120 valence electrons. The lowest BCUT2D eigenvalue weighted by Gasteiger charge is -2.09. The number of hydrazone groups is 1. The van der Waals surface area contributed by atoms with Crippen LogP contribution >= 0.6 is 12.2 Å². The second kappa shape index (κ2) is 7.46. The maximum atomic E-state index is 9.78. The quantitative estimate of drug-likeness (QED) is 0.392. The maximum Gasteiger partial charge on any atom is 0.191 e. The molecule has 2 aromatic carbocycles. The number of anilines is 1. The Hall–Kier alpha value is -2.80. The summed E-state index contributed by atoms with van der Waals surface area (Å²) in [5, 5.41) is 26.5. The van der Waals surface area contributed by atoms with Crippen molar-refractivity contribution in [2.24, 2.45) is 5.10 Å². The fourth-order valence-electron chi connectivity index (χ4n) is 1.85. The van der Waals surface area contributed by atoms with Crippen molar-refractivity contribution in [1.29, 1.82) is 0 Å². The Morgan fingerprint density at radius 1 is 1.13 bits per heavy atom. The predicted octanol–water partition coefficient (Wildman–Crippen LogP) is 2.82. The smallest absolute Gasteiger partial charge is 0.191 e. The minimum atomic E-state index is -0.0536. The zero-order valence-electron chi connectivity index (χ0n) is 12.7. The molecule has 6 nitrogen and oxygen atoms in total. The zero-order chi connectivity index (χ0) is 16.8. The highest BCUT2D eigenvalue weighted by molar-refractivity contribution is 7.80. The molecular formula is C16H17N3O3S. The number of aromatic hydroxyl groups is 2. The third-order valence-corrected chi connectivity index (χ3v) is 3.24. The number of rotatable bonds is 4. The molecule has 7 heteroatoms. The van der Waals surface area contributed by atoms with E-state index in [0.717, 1.165) is 11.4 Å². The summed E-state index contributed by atoms with van der Waals surface area (Å²) >= 11 is 5.16. The van der Waals surface area contributed by atoms with Gasteiger partial charge >= 0.3 is 0 Å². The SMILES string of the molecule is COc1ccc(NC(=S)N/N=C(\C)c2ccc(O)cc2O)cc1. The van der Waals surface area contributed by atoms with Gasteiger partial charge in [0.25, 0.3) is 0 Å². The molecule has 0 unspecified atom stereocenters. The van der Waals surface area contributed by atoms with Gasteiger partial charge in [-0.25, -0.2) is 0 Å². The van der Waals surface area contributed by atoms with Gasteiger partial charge in [-0.15, -0.1) is 0 Å². The molecule has 0 radical (unpaired) electrons. The van der Waals surface area contributed by atoms with Gasteiger partial charge in [0.2, 0.25) is 0 Å². The van der Waals surface area contributed by atoms with Gasteiger partial charge in [0.05, 0.1) is 12.8 Å². The fourth-order valence-corrected chi connectivity index (χ4v) is 2.02. The first-order valence-electron chi connectivity index (χ1n) is 6.77. The molecule has 0 heterocycles. The number of thiocarbonyl (C=S) groups is 1. The van der Waals surface area contributed by atoms with Crippen molar-refractivity contribution < 1.29 is 14.9 Å². The van der Waals surface area contributed by atoms with E-state index >= 15 is 0 Å². The van der Waals surface area contributed by atoms with Crippen LogP contribution in [-0.2, 0) is 0 Å². The number of ether oxygens (including phenoxy) is 1. The molecule has 0 saturated carbocycles. The second-order valence-electron chi connectivity index (χ2n) is 4.69. The monoisotopic (exact) mass is 331 g/mol. The highest BCUT2D eigenvalue weighted by Crippen LogP contribution is 2.23. The van der Waals surface area contributed by atoms with E-state index in [0.29, 0.717) is 16.4 Å². The molecule has 0 aliphatic heterocycles. The molecule has 23 heavy (non-hydrogen) atoms. The van der Waals surface area contributed by atoms with Gasteiger partial charge in [-0.05, 0) is 55.5 Å². The lowest BCUT2D eigenvalue weighted by Crippen LogP contribution is -2.24. The first kappa shape index (κ1) is 16.6. The van der Waals surface area contributed by atoms with Gasteiger partial charge < -0.3 is 20.3 Å². The van der Waals surface area contributed by atoms with Crippen LogP contribution in [0.1, 0.15) is 12.5 Å². The van der Waals surface area contributed by atoms with Crippen molar-refractivity contribution in [3.05, 3.63) is 48.0 Å². The average molecular weight is 331 g/mol. The standard InChI is InChI=1S/C16H17N3O3S/c1-10(14-8-5-12(20)9-15(14)21)18-19-16(23)17-11-3-6-13(22-2)7-4-11/h3-9,20-21H,1-2H3,(H2,17,19,23)/b18-10+. The summed E-state index contributed by atoms with van der Waals surface area (Å²) < 4.78 is 5.08. The van der Waals surface area contributed by atoms with Crippen LogP contribution in [0.15, 0.2) is 47.6 Å². The summed E-state index contributed by atoms with van der Waals surface area (Å²) in [6.45, 7) is 1.72. The Bertz CT molecular complexity index is 730. The Labute approximate surface area is 139 Å². The van der Waals surface area contributed by atoms with Crippen LogP contribution in [-0.4, -0.2) is 28.1 Å². The molecular weight excluding hydrogens is 314 g/mol. The fraction of sp³-hybridized carbons (Fsp3) is 0.125. The van der Waals surface area contributed by atoms with Gasteiger partial charge in [-0.1, -0.05) is 0 Å². The maximum absolute atomic E-state index is 9.78. The van der Waals surface area contributed by atoms with Crippen LogP contribution in [0.5, 0.6) is 17.2 Å². The number of phenols is 2. The van der Waals surface area contributed by atoms with E-state index < -0.39 is 0 Å². The molecule has 0 fully saturated rings. The predicted molar refractivity (Wildman–Crippen MR) is 94.3 cm³/mol. The normalized spacial score (nSPS) is 11.0. The minimum absolute atomic E-state index is 0.0105. The first-order valence-corrected chi connectivity index (χ1v) is 7.18. The van der Waals surface area contributed by atoms with Gasteiger partial charge in [0.15, 0.2) is 5.11 Å². The molecule has 0 amide bonds. The van der Waals surface area contributed by atoms with E-state index in [-0.39, 0.29) is 11.5 Å². The van der Waals surface area contributed by atoms with Crippen molar-refractivity contribution in [2.75, 3.05) is 12.4 Å². The van der Waals surface area contributed by atoms with Gasteiger partial charge in [-0.2, -0.15) is 5.10 Å². The van der Waals surface area contributed by atoms with E-state index in [1.165, 1.54) is 12.1 Å². The molecule has 0 atom stereocenters. The minimum Gasteiger partial charge on any atom is -0.508 e. The van der Waals surface area contributed by atoms with Gasteiger partial charge in [0, 0.05) is 17.3 Å². The lowest BCUT2D eigenvalue weighted by atomic mass is 10.1. The molecule has 4 N–H and O–H groups in total. The van der Waals surface area contributed by atoms with Crippen LogP contribution in [0.2, 0.25) is 0 Å². The Morgan fingerprint density at radius 2 is 1.83 bits per heavy atom. The van der Waals surface area contributed by atoms with E-state index in [4.69, 9.17) is 17.0 Å². The third kappa shape index (κ3) is 4.58.